The van der Waals surface area contributed by atoms with Crippen molar-refractivity contribution in [1.29, 1.82) is 0 Å². The minimum Gasteiger partial charge on any atom is -0.292 e. The number of rotatable bonds is 3. The van der Waals surface area contributed by atoms with Crippen molar-refractivity contribution in [1.82, 2.24) is 9.78 Å². The van der Waals surface area contributed by atoms with Crippen LogP contribution in [0.3, 0.4) is 0 Å². The number of Topliss-reactive ketones (excluding diaryl/α,β-unsaturated/α-hetero) is 1. The van der Waals surface area contributed by atoms with Crippen LogP contribution < -0.4 is 0 Å². The molecule has 0 spiro atoms. The van der Waals surface area contributed by atoms with Gasteiger partial charge in [0, 0.05) is 12.0 Å². The van der Waals surface area contributed by atoms with Gasteiger partial charge in [-0.25, -0.2) is 0 Å². The number of halogens is 4. The first-order chi connectivity index (χ1) is 9.73. The Morgan fingerprint density at radius 3 is 2.57 bits per heavy atom. The second-order valence-corrected chi connectivity index (χ2v) is 6.64. The van der Waals surface area contributed by atoms with Crippen molar-refractivity contribution in [2.24, 2.45) is 11.8 Å². The molecule has 0 saturated heterocycles. The maximum Gasteiger partial charge on any atom is 0.392 e. The summed E-state index contributed by atoms with van der Waals surface area (Å²) in [5.74, 6) is -2.99. The van der Waals surface area contributed by atoms with E-state index in [1.54, 1.807) is 0 Å². The van der Waals surface area contributed by atoms with E-state index in [4.69, 9.17) is 0 Å². The molecule has 0 N–H and O–H groups in total. The molecule has 0 aliphatic heterocycles. The van der Waals surface area contributed by atoms with Crippen LogP contribution in [0.1, 0.15) is 56.1 Å². The molecule has 1 aromatic rings. The lowest BCUT2D eigenvalue weighted by molar-refractivity contribution is -0.191. The van der Waals surface area contributed by atoms with E-state index in [0.717, 1.165) is 0 Å². The van der Waals surface area contributed by atoms with Gasteiger partial charge in [0.15, 0.2) is 5.78 Å². The molecular formula is C14H18BrF3N2O. The Bertz CT molecular complexity index is 525. The van der Waals surface area contributed by atoms with E-state index in [0.29, 0.717) is 23.7 Å². The van der Waals surface area contributed by atoms with E-state index in [1.165, 1.54) is 10.9 Å². The lowest BCUT2D eigenvalue weighted by Crippen LogP contribution is -2.38. The second-order valence-electron chi connectivity index (χ2n) is 5.78. The van der Waals surface area contributed by atoms with Gasteiger partial charge in [0.2, 0.25) is 0 Å². The maximum absolute atomic E-state index is 13.2. The molecule has 0 aromatic carbocycles. The highest BCUT2D eigenvalue weighted by Crippen LogP contribution is 2.43. The fourth-order valence-corrected chi connectivity index (χ4v) is 3.44. The number of nitrogens with zero attached hydrogens (tertiary/aromatic N) is 2. The van der Waals surface area contributed by atoms with E-state index in [9.17, 15) is 18.0 Å². The molecule has 118 valence electrons. The number of carbonyl (C=O) groups is 1. The lowest BCUT2D eigenvalue weighted by atomic mass is 9.76. The number of aromatic nitrogens is 2. The average Bonchev–Trinajstić information content (AvgIpc) is 2.79. The number of hydrogen-bond donors (Lipinski definition) is 0. The monoisotopic (exact) mass is 366 g/mol. The van der Waals surface area contributed by atoms with Crippen LogP contribution in [0.4, 0.5) is 13.2 Å². The molecule has 7 heteroatoms. The molecule has 1 aliphatic carbocycles. The summed E-state index contributed by atoms with van der Waals surface area (Å²) in [6.07, 6.45) is -1.34. The van der Waals surface area contributed by atoms with Crippen LogP contribution in [0.25, 0.3) is 0 Å². The predicted molar refractivity (Wildman–Crippen MR) is 76.1 cm³/mol. The number of alkyl halides is 3. The lowest BCUT2D eigenvalue weighted by Gasteiger charge is -2.32. The summed E-state index contributed by atoms with van der Waals surface area (Å²) in [4.78, 5) is 12.7. The Morgan fingerprint density at radius 2 is 2.00 bits per heavy atom. The smallest absolute Gasteiger partial charge is 0.292 e. The first-order valence-electron chi connectivity index (χ1n) is 7.07. The Hall–Kier alpha value is -0.850. The van der Waals surface area contributed by atoms with Crippen molar-refractivity contribution in [3.8, 4) is 0 Å². The van der Waals surface area contributed by atoms with E-state index in [-0.39, 0.29) is 18.2 Å². The molecule has 1 fully saturated rings. The van der Waals surface area contributed by atoms with Gasteiger partial charge in [-0.1, -0.05) is 12.8 Å². The van der Waals surface area contributed by atoms with Crippen LogP contribution in [0, 0.1) is 11.8 Å². The third-order valence-electron chi connectivity index (χ3n) is 4.00. The molecule has 0 radical (unpaired) electrons. The summed E-state index contributed by atoms with van der Waals surface area (Å²) < 4.78 is 41.5. The van der Waals surface area contributed by atoms with Crippen molar-refractivity contribution >= 4 is 21.7 Å². The Morgan fingerprint density at radius 1 is 1.38 bits per heavy atom. The molecule has 2 unspecified atom stereocenters. The van der Waals surface area contributed by atoms with E-state index in [2.05, 4.69) is 21.0 Å². The van der Waals surface area contributed by atoms with Gasteiger partial charge in [-0.2, -0.15) is 18.3 Å². The van der Waals surface area contributed by atoms with Crippen molar-refractivity contribution in [2.75, 3.05) is 0 Å². The predicted octanol–water partition coefficient (Wildman–Crippen LogP) is 4.78. The highest BCUT2D eigenvalue weighted by Gasteiger charge is 2.48. The van der Waals surface area contributed by atoms with Gasteiger partial charge < -0.3 is 0 Å². The molecule has 0 amide bonds. The summed E-state index contributed by atoms with van der Waals surface area (Å²) in [5.41, 5.74) is 0.256. The van der Waals surface area contributed by atoms with Gasteiger partial charge in [0.25, 0.3) is 0 Å². The first kappa shape index (κ1) is 16.5. The molecule has 1 aliphatic rings. The van der Waals surface area contributed by atoms with Gasteiger partial charge >= 0.3 is 6.18 Å². The van der Waals surface area contributed by atoms with Crippen LogP contribution in [0.15, 0.2) is 10.7 Å². The zero-order valence-electron chi connectivity index (χ0n) is 12.0. The van der Waals surface area contributed by atoms with Gasteiger partial charge in [-0.15, -0.1) is 0 Å². The fourth-order valence-electron chi connectivity index (χ4n) is 2.98. The average molecular weight is 367 g/mol. The van der Waals surface area contributed by atoms with Crippen LogP contribution in [-0.2, 0) is 0 Å². The zero-order chi connectivity index (χ0) is 15.8. The summed E-state index contributed by atoms with van der Waals surface area (Å²) in [5, 5.41) is 4.09. The van der Waals surface area contributed by atoms with Crippen LogP contribution in [-0.4, -0.2) is 21.7 Å². The minimum absolute atomic E-state index is 0.0351. The highest BCUT2D eigenvalue weighted by molar-refractivity contribution is 9.10. The summed E-state index contributed by atoms with van der Waals surface area (Å²) in [6.45, 7) is 3.69. The zero-order valence-corrected chi connectivity index (χ0v) is 13.5. The summed E-state index contributed by atoms with van der Waals surface area (Å²) in [6, 6.07) is -0.0804. The topological polar surface area (TPSA) is 34.9 Å². The highest BCUT2D eigenvalue weighted by atomic mass is 79.9. The minimum atomic E-state index is -4.32. The summed E-state index contributed by atoms with van der Waals surface area (Å²) in [7, 11) is 0. The molecule has 21 heavy (non-hydrogen) atoms. The molecule has 0 bridgehead atoms. The number of hydrogen-bond acceptors (Lipinski definition) is 2. The Kier molecular flexibility index (Phi) is 4.80. The van der Waals surface area contributed by atoms with Gasteiger partial charge in [-0.05, 0) is 42.6 Å². The second kappa shape index (κ2) is 6.10. The fraction of sp³-hybridized carbons (Fsp3) is 0.714. The standard InChI is InChI=1S/C14H18BrF3N2O/c1-8(2)20-12(11(15)7-19-20)13(21)9-5-3-4-6-10(9)14(16,17)18/h7-10H,3-6H2,1-2H3. The van der Waals surface area contributed by atoms with Gasteiger partial charge in [0.05, 0.1) is 16.6 Å². The summed E-state index contributed by atoms with van der Waals surface area (Å²) >= 11 is 3.24. The number of ketones is 1. The molecule has 1 saturated carbocycles. The first-order valence-corrected chi connectivity index (χ1v) is 7.86. The third-order valence-corrected chi connectivity index (χ3v) is 4.58. The maximum atomic E-state index is 13.2. The van der Waals surface area contributed by atoms with Crippen LogP contribution in [0.2, 0.25) is 0 Å². The molecular weight excluding hydrogens is 349 g/mol. The van der Waals surface area contributed by atoms with Gasteiger partial charge in [-0.3, -0.25) is 9.48 Å². The quantitative estimate of drug-likeness (QED) is 0.721. The van der Waals surface area contributed by atoms with E-state index in [1.807, 2.05) is 13.8 Å². The Balaban J connectivity index is 2.36. The molecule has 3 nitrogen and oxygen atoms in total. The normalized spacial score (nSPS) is 23.6. The third kappa shape index (κ3) is 3.33. The van der Waals surface area contributed by atoms with Crippen molar-refractivity contribution < 1.29 is 18.0 Å². The van der Waals surface area contributed by atoms with Crippen molar-refractivity contribution in [3.05, 3.63) is 16.4 Å². The molecule has 2 atom stereocenters. The molecule has 1 aromatic heterocycles. The number of carbonyl (C=O) groups excluding carboxylic acids is 1. The van der Waals surface area contributed by atoms with Crippen molar-refractivity contribution in [2.45, 2.75) is 51.7 Å². The SMILES string of the molecule is CC(C)n1ncc(Br)c1C(=O)C1CCCCC1C(F)(F)F. The molecule has 2 rings (SSSR count). The van der Waals surface area contributed by atoms with Crippen LogP contribution >= 0.6 is 15.9 Å². The van der Waals surface area contributed by atoms with E-state index >= 15 is 0 Å². The van der Waals surface area contributed by atoms with Crippen molar-refractivity contribution in [3.63, 3.8) is 0 Å². The Labute approximate surface area is 130 Å². The molecule has 1 heterocycles. The van der Waals surface area contributed by atoms with Gasteiger partial charge in [0.1, 0.15) is 5.69 Å². The van der Waals surface area contributed by atoms with E-state index < -0.39 is 23.8 Å². The van der Waals surface area contributed by atoms with Crippen LogP contribution in [0.5, 0.6) is 0 Å². The largest absolute Gasteiger partial charge is 0.392 e.